The molecule has 0 aliphatic rings. The molecule has 2 rings (SSSR count). The number of aliphatic hydroxyl groups excluding tert-OH is 1. The summed E-state index contributed by atoms with van der Waals surface area (Å²) in [5, 5.41) is 24.0. The van der Waals surface area contributed by atoms with E-state index in [0.29, 0.717) is 6.54 Å². The molecular weight excluding hydrogens is 268 g/mol. The lowest BCUT2D eigenvalue weighted by Crippen LogP contribution is -2.13. The summed E-state index contributed by atoms with van der Waals surface area (Å²) in [7, 11) is 0. The van der Waals surface area contributed by atoms with E-state index in [-0.39, 0.29) is 5.69 Å². The van der Waals surface area contributed by atoms with E-state index >= 15 is 0 Å². The highest BCUT2D eigenvalue weighted by molar-refractivity contribution is 5.55. The Labute approximate surface area is 123 Å². The Morgan fingerprint density at radius 1 is 1.24 bits per heavy atom. The van der Waals surface area contributed by atoms with Crippen molar-refractivity contribution in [3.8, 4) is 0 Å². The average molecular weight is 286 g/mol. The predicted molar refractivity (Wildman–Crippen MR) is 82.5 cm³/mol. The van der Waals surface area contributed by atoms with Crippen molar-refractivity contribution in [1.29, 1.82) is 0 Å². The number of non-ortho nitro benzene ring substituents is 1. The Bertz CT molecular complexity index is 656. The third kappa shape index (κ3) is 3.79. The van der Waals surface area contributed by atoms with Gasteiger partial charge < -0.3 is 10.4 Å². The number of hydrogen-bond donors (Lipinski definition) is 2. The van der Waals surface area contributed by atoms with Crippen LogP contribution in [0.5, 0.6) is 0 Å². The van der Waals surface area contributed by atoms with Gasteiger partial charge in [-0.1, -0.05) is 29.8 Å². The van der Waals surface area contributed by atoms with E-state index in [1.807, 2.05) is 31.2 Å². The van der Waals surface area contributed by atoms with Gasteiger partial charge in [-0.05, 0) is 31.0 Å². The number of rotatable bonds is 5. The molecule has 0 fully saturated rings. The zero-order valence-electron chi connectivity index (χ0n) is 12.0. The maximum atomic E-state index is 10.7. The van der Waals surface area contributed by atoms with Gasteiger partial charge in [0.2, 0.25) is 0 Å². The molecular formula is C16H18N2O3. The van der Waals surface area contributed by atoms with Crippen molar-refractivity contribution in [2.45, 2.75) is 20.0 Å². The molecule has 5 nitrogen and oxygen atoms in total. The molecule has 0 saturated heterocycles. The number of benzene rings is 2. The first-order chi connectivity index (χ1) is 9.97. The number of hydrogen-bond acceptors (Lipinski definition) is 4. The largest absolute Gasteiger partial charge is 0.387 e. The Morgan fingerprint density at radius 2 is 2.00 bits per heavy atom. The molecule has 0 amide bonds. The Morgan fingerprint density at radius 3 is 2.62 bits per heavy atom. The van der Waals surface area contributed by atoms with Gasteiger partial charge in [-0.2, -0.15) is 0 Å². The third-order valence-electron chi connectivity index (χ3n) is 3.33. The van der Waals surface area contributed by atoms with Gasteiger partial charge in [-0.15, -0.1) is 0 Å². The second-order valence-electron chi connectivity index (χ2n) is 5.07. The van der Waals surface area contributed by atoms with Crippen molar-refractivity contribution in [2.24, 2.45) is 0 Å². The van der Waals surface area contributed by atoms with Crippen molar-refractivity contribution in [2.75, 3.05) is 11.9 Å². The Balaban J connectivity index is 2.04. The number of anilines is 1. The highest BCUT2D eigenvalue weighted by Crippen LogP contribution is 2.22. The summed E-state index contributed by atoms with van der Waals surface area (Å²) in [5.74, 6) is 0. The lowest BCUT2D eigenvalue weighted by atomic mass is 10.1. The second kappa shape index (κ2) is 6.37. The van der Waals surface area contributed by atoms with E-state index in [2.05, 4.69) is 5.32 Å². The minimum atomic E-state index is -0.625. The monoisotopic (exact) mass is 286 g/mol. The molecule has 0 aromatic heterocycles. The van der Waals surface area contributed by atoms with Gasteiger partial charge in [0.1, 0.15) is 0 Å². The highest BCUT2D eigenvalue weighted by atomic mass is 16.6. The van der Waals surface area contributed by atoms with E-state index in [9.17, 15) is 15.2 Å². The standard InChI is InChI=1S/C16H18N2O3/c1-11-4-3-5-13(8-11)16(19)10-17-15-7-6-14(18(20)21)9-12(15)2/h3-9,16-17,19H,10H2,1-2H3. The molecule has 0 aliphatic carbocycles. The van der Waals surface area contributed by atoms with Crippen LogP contribution in [0.1, 0.15) is 22.8 Å². The first kappa shape index (κ1) is 15.0. The number of nitro benzene ring substituents is 1. The Hall–Kier alpha value is -2.40. The van der Waals surface area contributed by atoms with Gasteiger partial charge in [0.25, 0.3) is 5.69 Å². The van der Waals surface area contributed by atoms with Gasteiger partial charge in [0, 0.05) is 24.4 Å². The van der Waals surface area contributed by atoms with Crippen molar-refractivity contribution in [1.82, 2.24) is 0 Å². The van der Waals surface area contributed by atoms with E-state index in [1.54, 1.807) is 13.0 Å². The van der Waals surface area contributed by atoms with Gasteiger partial charge >= 0.3 is 0 Å². The fourth-order valence-electron chi connectivity index (χ4n) is 2.16. The molecule has 1 unspecified atom stereocenters. The SMILES string of the molecule is Cc1cccc(C(O)CNc2ccc([N+](=O)[O-])cc2C)c1. The molecule has 5 heteroatoms. The second-order valence-corrected chi connectivity index (χ2v) is 5.07. The number of nitrogens with zero attached hydrogens (tertiary/aromatic N) is 1. The lowest BCUT2D eigenvalue weighted by molar-refractivity contribution is -0.384. The van der Waals surface area contributed by atoms with Crippen molar-refractivity contribution in [3.05, 3.63) is 69.3 Å². The molecule has 0 heterocycles. The number of nitro groups is 1. The zero-order valence-corrected chi connectivity index (χ0v) is 12.0. The van der Waals surface area contributed by atoms with Crippen LogP contribution in [0.15, 0.2) is 42.5 Å². The van der Waals surface area contributed by atoms with Gasteiger partial charge in [0.15, 0.2) is 0 Å². The smallest absolute Gasteiger partial charge is 0.269 e. The zero-order chi connectivity index (χ0) is 15.4. The molecule has 1 atom stereocenters. The van der Waals surface area contributed by atoms with E-state index < -0.39 is 11.0 Å². The molecule has 2 aromatic carbocycles. The lowest BCUT2D eigenvalue weighted by Gasteiger charge is -2.15. The van der Waals surface area contributed by atoms with E-state index in [4.69, 9.17) is 0 Å². The van der Waals surface area contributed by atoms with Crippen molar-refractivity contribution < 1.29 is 10.0 Å². The van der Waals surface area contributed by atoms with E-state index in [0.717, 1.165) is 22.4 Å². The summed E-state index contributed by atoms with van der Waals surface area (Å²) in [4.78, 5) is 10.3. The van der Waals surface area contributed by atoms with Crippen LogP contribution in [0, 0.1) is 24.0 Å². The van der Waals surface area contributed by atoms with Crippen LogP contribution in [0.25, 0.3) is 0 Å². The number of aliphatic hydroxyl groups is 1. The van der Waals surface area contributed by atoms with Crippen molar-refractivity contribution >= 4 is 11.4 Å². The minimum absolute atomic E-state index is 0.0669. The number of aryl methyl sites for hydroxylation is 2. The van der Waals surface area contributed by atoms with Gasteiger partial charge in [-0.25, -0.2) is 0 Å². The summed E-state index contributed by atoms with van der Waals surface area (Å²) in [6.45, 7) is 4.13. The average Bonchev–Trinajstić information content (AvgIpc) is 2.45. The molecule has 2 N–H and O–H groups in total. The first-order valence-corrected chi connectivity index (χ1v) is 6.71. The van der Waals surface area contributed by atoms with Crippen LogP contribution in [0.2, 0.25) is 0 Å². The fraction of sp³-hybridized carbons (Fsp3) is 0.250. The van der Waals surface area contributed by atoms with Gasteiger partial charge in [-0.3, -0.25) is 10.1 Å². The summed E-state index contributed by atoms with van der Waals surface area (Å²) in [5.41, 5.74) is 3.57. The molecule has 0 bridgehead atoms. The molecule has 21 heavy (non-hydrogen) atoms. The van der Waals surface area contributed by atoms with Crippen LogP contribution in [-0.2, 0) is 0 Å². The van der Waals surface area contributed by atoms with Crippen LogP contribution in [0.4, 0.5) is 11.4 Å². The predicted octanol–water partition coefficient (Wildman–Crippen LogP) is 3.36. The maximum Gasteiger partial charge on any atom is 0.269 e. The van der Waals surface area contributed by atoms with Crippen molar-refractivity contribution in [3.63, 3.8) is 0 Å². The van der Waals surface area contributed by atoms with Crippen LogP contribution in [0.3, 0.4) is 0 Å². The fourth-order valence-corrected chi connectivity index (χ4v) is 2.16. The molecule has 2 aromatic rings. The van der Waals surface area contributed by atoms with Crippen LogP contribution in [-0.4, -0.2) is 16.6 Å². The van der Waals surface area contributed by atoms with Crippen LogP contribution >= 0.6 is 0 Å². The third-order valence-corrected chi connectivity index (χ3v) is 3.33. The van der Waals surface area contributed by atoms with Gasteiger partial charge in [0.05, 0.1) is 11.0 Å². The number of nitrogens with one attached hydrogen (secondary N) is 1. The summed E-state index contributed by atoms with van der Waals surface area (Å²) >= 11 is 0. The Kier molecular flexibility index (Phi) is 4.55. The first-order valence-electron chi connectivity index (χ1n) is 6.71. The maximum absolute atomic E-state index is 10.7. The van der Waals surface area contributed by atoms with E-state index in [1.165, 1.54) is 12.1 Å². The van der Waals surface area contributed by atoms with Crippen LogP contribution < -0.4 is 5.32 Å². The normalized spacial score (nSPS) is 12.0. The molecule has 0 aliphatic heterocycles. The summed E-state index contributed by atoms with van der Waals surface area (Å²) in [6.07, 6.45) is -0.625. The topological polar surface area (TPSA) is 75.4 Å². The quantitative estimate of drug-likeness (QED) is 0.653. The molecule has 0 radical (unpaired) electrons. The molecule has 0 spiro atoms. The summed E-state index contributed by atoms with van der Waals surface area (Å²) in [6, 6.07) is 12.3. The molecule has 0 saturated carbocycles. The minimum Gasteiger partial charge on any atom is -0.387 e. The highest BCUT2D eigenvalue weighted by Gasteiger charge is 2.10. The molecule has 110 valence electrons. The summed E-state index contributed by atoms with van der Waals surface area (Å²) < 4.78 is 0.